The molecule has 0 atom stereocenters. The van der Waals surface area contributed by atoms with Crippen LogP contribution >= 0.6 is 11.6 Å². The fraction of sp³-hybridized carbons (Fsp3) is 0.111. The second-order valence-electron chi connectivity index (χ2n) is 7.92. The lowest BCUT2D eigenvalue weighted by Gasteiger charge is -2.18. The van der Waals surface area contributed by atoms with Gasteiger partial charge in [-0.2, -0.15) is 0 Å². The van der Waals surface area contributed by atoms with Crippen LogP contribution in [0.1, 0.15) is 34.1 Å². The Morgan fingerprint density at radius 3 is 2.32 bits per heavy atom. The maximum atomic E-state index is 13.8. The summed E-state index contributed by atoms with van der Waals surface area (Å²) in [6, 6.07) is 17.8. The lowest BCUT2D eigenvalue weighted by molar-refractivity contribution is -0.120. The van der Waals surface area contributed by atoms with Gasteiger partial charge in [0.1, 0.15) is 16.5 Å². The highest BCUT2D eigenvalue weighted by molar-refractivity contribution is 6.53. The number of amides is 3. The number of ether oxygens (including phenoxy) is 1. The van der Waals surface area contributed by atoms with Crippen molar-refractivity contribution < 1.29 is 28.3 Å². The molecule has 0 aromatic heterocycles. The van der Waals surface area contributed by atoms with Gasteiger partial charge in [0.25, 0.3) is 17.7 Å². The summed E-state index contributed by atoms with van der Waals surface area (Å²) in [6.07, 6.45) is 0.612. The van der Waals surface area contributed by atoms with Crippen LogP contribution in [0.4, 0.5) is 21.5 Å². The summed E-state index contributed by atoms with van der Waals surface area (Å²) in [5, 5.41) is 4.93. The minimum absolute atomic E-state index is 0.0423. The quantitative estimate of drug-likeness (QED) is 0.316. The summed E-state index contributed by atoms with van der Waals surface area (Å²) in [5.41, 5.74) is 0.563. The van der Waals surface area contributed by atoms with E-state index in [9.17, 15) is 23.6 Å². The van der Waals surface area contributed by atoms with Crippen LogP contribution in [0.2, 0.25) is 0 Å². The lowest BCUT2D eigenvalue weighted by Crippen LogP contribution is -2.33. The third-order valence-electron chi connectivity index (χ3n) is 5.37. The second kappa shape index (κ2) is 11.0. The van der Waals surface area contributed by atoms with Crippen molar-refractivity contribution in [1.82, 2.24) is 0 Å². The average Bonchev–Trinajstić information content (AvgIpc) is 3.11. The number of imide groups is 1. The zero-order chi connectivity index (χ0) is 26.5. The number of para-hydroxylation sites is 2. The van der Waals surface area contributed by atoms with Crippen molar-refractivity contribution >= 4 is 52.4 Å². The van der Waals surface area contributed by atoms with Gasteiger partial charge in [-0.25, -0.2) is 14.1 Å². The highest BCUT2D eigenvalue weighted by atomic mass is 35.5. The molecule has 1 heterocycles. The van der Waals surface area contributed by atoms with Gasteiger partial charge in [0, 0.05) is 11.3 Å². The molecule has 0 saturated heterocycles. The summed E-state index contributed by atoms with van der Waals surface area (Å²) in [4.78, 5) is 51.8. The Morgan fingerprint density at radius 1 is 0.946 bits per heavy atom. The van der Waals surface area contributed by atoms with E-state index in [2.05, 4.69) is 10.6 Å². The number of esters is 1. The van der Waals surface area contributed by atoms with E-state index in [1.54, 1.807) is 18.2 Å². The highest BCUT2D eigenvalue weighted by Crippen LogP contribution is 2.32. The molecule has 8 nitrogen and oxygen atoms in total. The van der Waals surface area contributed by atoms with Crippen molar-refractivity contribution in [2.45, 2.75) is 13.3 Å². The van der Waals surface area contributed by atoms with E-state index in [0.29, 0.717) is 12.1 Å². The molecular formula is C27H21ClFN3O5. The van der Waals surface area contributed by atoms with E-state index in [1.807, 2.05) is 6.92 Å². The van der Waals surface area contributed by atoms with Gasteiger partial charge in [0.05, 0.1) is 23.5 Å². The van der Waals surface area contributed by atoms with Crippen molar-refractivity contribution in [3.8, 4) is 0 Å². The van der Waals surface area contributed by atoms with E-state index in [-0.39, 0.29) is 39.8 Å². The molecule has 0 bridgehead atoms. The molecule has 0 fully saturated rings. The maximum Gasteiger partial charge on any atom is 0.340 e. The topological polar surface area (TPSA) is 105 Å². The average molecular weight is 522 g/mol. The Kier molecular flexibility index (Phi) is 7.64. The minimum atomic E-state index is -0.800. The van der Waals surface area contributed by atoms with Crippen LogP contribution in [0.15, 0.2) is 83.5 Å². The summed E-state index contributed by atoms with van der Waals surface area (Å²) in [5.74, 6) is -3.32. The monoisotopic (exact) mass is 521 g/mol. The molecule has 2 N–H and O–H groups in total. The first-order chi connectivity index (χ1) is 17.8. The molecule has 0 unspecified atom stereocenters. The van der Waals surface area contributed by atoms with Crippen molar-refractivity contribution in [1.29, 1.82) is 0 Å². The number of carbonyl (C=O) groups excluding carboxylic acids is 4. The van der Waals surface area contributed by atoms with Gasteiger partial charge in [-0.15, -0.1) is 0 Å². The predicted molar refractivity (Wildman–Crippen MR) is 137 cm³/mol. The minimum Gasteiger partial charge on any atom is -0.462 e. The molecule has 3 amide bonds. The summed E-state index contributed by atoms with van der Waals surface area (Å²) < 4.78 is 19.0. The number of rotatable bonds is 8. The summed E-state index contributed by atoms with van der Waals surface area (Å²) in [6.45, 7) is 2.03. The number of benzene rings is 3. The van der Waals surface area contributed by atoms with Crippen molar-refractivity contribution in [2.24, 2.45) is 0 Å². The first-order valence-corrected chi connectivity index (χ1v) is 11.7. The van der Waals surface area contributed by atoms with Crippen LogP contribution in [0.25, 0.3) is 0 Å². The molecule has 1 aliphatic rings. The fourth-order valence-electron chi connectivity index (χ4n) is 3.55. The van der Waals surface area contributed by atoms with E-state index in [4.69, 9.17) is 16.3 Å². The van der Waals surface area contributed by atoms with E-state index >= 15 is 0 Å². The van der Waals surface area contributed by atoms with Crippen LogP contribution in [-0.2, 0) is 14.3 Å². The van der Waals surface area contributed by atoms with E-state index in [0.717, 1.165) is 4.90 Å². The van der Waals surface area contributed by atoms with Gasteiger partial charge in [-0.05, 0) is 55.0 Å². The van der Waals surface area contributed by atoms with Gasteiger partial charge in [-0.3, -0.25) is 14.4 Å². The molecule has 4 rings (SSSR count). The molecule has 0 spiro atoms. The number of nitrogens with zero attached hydrogens (tertiary/aromatic N) is 1. The van der Waals surface area contributed by atoms with Crippen molar-refractivity contribution in [3.63, 3.8) is 0 Å². The molecule has 0 aliphatic carbocycles. The number of anilines is 3. The number of halogens is 2. The Labute approximate surface area is 216 Å². The zero-order valence-electron chi connectivity index (χ0n) is 19.6. The van der Waals surface area contributed by atoms with E-state index < -0.39 is 29.5 Å². The molecule has 3 aromatic rings. The van der Waals surface area contributed by atoms with Gasteiger partial charge >= 0.3 is 5.97 Å². The van der Waals surface area contributed by atoms with Crippen molar-refractivity contribution in [3.05, 3.63) is 100 Å². The third kappa shape index (κ3) is 5.36. The highest BCUT2D eigenvalue weighted by Gasteiger charge is 2.40. The Hall–Kier alpha value is -4.50. The summed E-state index contributed by atoms with van der Waals surface area (Å²) in [7, 11) is 0. The normalized spacial score (nSPS) is 13.1. The Balaban J connectivity index is 1.51. The standard InChI is InChI=1S/C27H21ClFN3O5/c1-2-15-37-27(36)18-7-3-6-10-21(18)32-25(34)22(28)23(26(32)35)30-17-13-11-16(12-14-17)24(33)31-20-9-5-4-8-19(20)29/h3-14,30H,2,15H2,1H3,(H,31,33). The molecular weight excluding hydrogens is 501 g/mol. The van der Waals surface area contributed by atoms with Gasteiger partial charge in [0.15, 0.2) is 0 Å². The van der Waals surface area contributed by atoms with Gasteiger partial charge in [0.2, 0.25) is 0 Å². The number of nitrogens with one attached hydrogen (secondary N) is 2. The number of hydrogen-bond donors (Lipinski definition) is 2. The van der Waals surface area contributed by atoms with Crippen LogP contribution in [0.5, 0.6) is 0 Å². The molecule has 0 saturated carbocycles. The largest absolute Gasteiger partial charge is 0.462 e. The van der Waals surface area contributed by atoms with Crippen LogP contribution < -0.4 is 15.5 Å². The zero-order valence-corrected chi connectivity index (χ0v) is 20.3. The first kappa shape index (κ1) is 25.6. The smallest absolute Gasteiger partial charge is 0.340 e. The fourth-order valence-corrected chi connectivity index (χ4v) is 3.76. The third-order valence-corrected chi connectivity index (χ3v) is 5.72. The Bertz CT molecular complexity index is 1420. The SMILES string of the molecule is CCCOC(=O)c1ccccc1N1C(=O)C(Cl)=C(Nc2ccc(C(=O)Nc3ccccc3F)cc2)C1=O. The lowest BCUT2D eigenvalue weighted by atomic mass is 10.1. The molecule has 1 aliphatic heterocycles. The summed E-state index contributed by atoms with van der Waals surface area (Å²) >= 11 is 6.21. The maximum absolute atomic E-state index is 13.8. The molecule has 0 radical (unpaired) electrons. The molecule has 37 heavy (non-hydrogen) atoms. The number of carbonyl (C=O) groups is 4. The molecule has 10 heteroatoms. The van der Waals surface area contributed by atoms with Crippen LogP contribution in [0.3, 0.4) is 0 Å². The Morgan fingerprint density at radius 2 is 1.62 bits per heavy atom. The van der Waals surface area contributed by atoms with Gasteiger partial charge < -0.3 is 15.4 Å². The first-order valence-electron chi connectivity index (χ1n) is 11.3. The predicted octanol–water partition coefficient (Wildman–Crippen LogP) is 5.08. The van der Waals surface area contributed by atoms with Crippen LogP contribution in [0, 0.1) is 5.82 Å². The van der Waals surface area contributed by atoms with E-state index in [1.165, 1.54) is 54.6 Å². The number of hydrogen-bond acceptors (Lipinski definition) is 6. The van der Waals surface area contributed by atoms with Crippen LogP contribution in [-0.4, -0.2) is 30.3 Å². The van der Waals surface area contributed by atoms with Gasteiger partial charge in [-0.1, -0.05) is 42.8 Å². The van der Waals surface area contributed by atoms with Crippen molar-refractivity contribution in [2.75, 3.05) is 22.1 Å². The second-order valence-corrected chi connectivity index (χ2v) is 8.30. The molecule has 188 valence electrons. The molecule has 3 aromatic carbocycles.